The summed E-state index contributed by atoms with van der Waals surface area (Å²) in [6, 6.07) is 7.61. The number of thiazole rings is 1. The molecular weight excluding hydrogens is 389 g/mol. The second kappa shape index (κ2) is 10.6. The van der Waals surface area contributed by atoms with Gasteiger partial charge in [0.05, 0.1) is 6.54 Å². The summed E-state index contributed by atoms with van der Waals surface area (Å²) in [5, 5.41) is 7.54. The number of ether oxygens (including phenoxy) is 1. The fourth-order valence-corrected chi connectivity index (χ4v) is 2.93. The molecule has 0 unspecified atom stereocenters. The second-order valence-electron chi connectivity index (χ2n) is 5.63. The average Bonchev–Trinajstić information content (AvgIpc) is 3.15. The average molecular weight is 410 g/mol. The molecule has 0 fully saturated rings. The van der Waals surface area contributed by atoms with Gasteiger partial charge in [-0.2, -0.15) is 13.2 Å². The number of nitrogens with one attached hydrogen (secondary N) is 2. The van der Waals surface area contributed by atoms with Gasteiger partial charge in [-0.25, -0.2) is 9.98 Å². The lowest BCUT2D eigenvalue weighted by molar-refractivity contribution is -0.140. The highest BCUT2D eigenvalue weighted by atomic mass is 32.1. The zero-order valence-corrected chi connectivity index (χ0v) is 16.2. The monoisotopic (exact) mass is 410 g/mol. The predicted octanol–water partition coefficient (Wildman–Crippen LogP) is 3.47. The van der Waals surface area contributed by atoms with Crippen LogP contribution in [0.5, 0.6) is 5.75 Å². The molecule has 1 aromatic carbocycles. The highest BCUT2D eigenvalue weighted by Gasteiger charge is 2.33. The Morgan fingerprint density at radius 3 is 2.64 bits per heavy atom. The molecule has 0 atom stereocenters. The number of nitrogens with zero attached hydrogens (tertiary/aromatic N) is 2. The van der Waals surface area contributed by atoms with Crippen LogP contribution in [0.4, 0.5) is 13.2 Å². The first kappa shape index (κ1) is 21.6. The molecule has 2 N–H and O–H groups in total. The minimum atomic E-state index is -4.43. The first-order chi connectivity index (χ1) is 13.4. The number of halogens is 3. The molecule has 0 saturated heterocycles. The van der Waals surface area contributed by atoms with Gasteiger partial charge in [0.25, 0.3) is 0 Å². The van der Waals surface area contributed by atoms with Crippen LogP contribution in [0.15, 0.2) is 34.6 Å². The lowest BCUT2D eigenvalue weighted by Gasteiger charge is -2.11. The van der Waals surface area contributed by atoms with E-state index in [9.17, 15) is 13.2 Å². The Morgan fingerprint density at radius 2 is 2.04 bits per heavy atom. The Bertz CT molecular complexity index is 810. The topological polar surface area (TPSA) is 58.5 Å². The third-order valence-corrected chi connectivity index (χ3v) is 4.34. The van der Waals surface area contributed by atoms with E-state index in [1.165, 1.54) is 0 Å². The van der Waals surface area contributed by atoms with Crippen LogP contribution in [-0.4, -0.2) is 30.6 Å². The SMILES string of the molecule is C#CCOc1ccc(CCNC(=NCc2nc(C(F)(F)F)cs2)NCC)cc1. The van der Waals surface area contributed by atoms with E-state index in [0.29, 0.717) is 29.8 Å². The van der Waals surface area contributed by atoms with E-state index in [1.807, 2.05) is 31.2 Å². The van der Waals surface area contributed by atoms with Crippen molar-refractivity contribution in [2.45, 2.75) is 26.1 Å². The number of rotatable bonds is 8. The number of alkyl halides is 3. The molecule has 2 rings (SSSR count). The molecule has 0 aliphatic rings. The molecule has 0 aliphatic carbocycles. The van der Waals surface area contributed by atoms with Gasteiger partial charge in [-0.1, -0.05) is 18.1 Å². The van der Waals surface area contributed by atoms with Gasteiger partial charge in [0.1, 0.15) is 17.4 Å². The zero-order chi connectivity index (χ0) is 20.4. The normalized spacial score (nSPS) is 11.8. The molecule has 0 saturated carbocycles. The van der Waals surface area contributed by atoms with Crippen molar-refractivity contribution in [2.24, 2.45) is 4.99 Å². The number of hydrogen-bond acceptors (Lipinski definition) is 4. The van der Waals surface area contributed by atoms with Crippen molar-refractivity contribution in [2.75, 3.05) is 19.7 Å². The largest absolute Gasteiger partial charge is 0.481 e. The van der Waals surface area contributed by atoms with Crippen molar-refractivity contribution < 1.29 is 17.9 Å². The molecule has 0 spiro atoms. The number of benzene rings is 1. The summed E-state index contributed by atoms with van der Waals surface area (Å²) in [4.78, 5) is 7.87. The van der Waals surface area contributed by atoms with Gasteiger partial charge in [0, 0.05) is 18.5 Å². The molecule has 0 radical (unpaired) electrons. The van der Waals surface area contributed by atoms with Crippen molar-refractivity contribution in [3.8, 4) is 18.1 Å². The summed E-state index contributed by atoms with van der Waals surface area (Å²) < 4.78 is 43.1. The molecule has 28 heavy (non-hydrogen) atoms. The molecule has 0 bridgehead atoms. The van der Waals surface area contributed by atoms with E-state index < -0.39 is 11.9 Å². The molecule has 5 nitrogen and oxygen atoms in total. The Balaban J connectivity index is 1.85. The summed E-state index contributed by atoms with van der Waals surface area (Å²) >= 11 is 0.946. The minimum Gasteiger partial charge on any atom is -0.481 e. The van der Waals surface area contributed by atoms with Crippen LogP contribution in [-0.2, 0) is 19.1 Å². The maximum Gasteiger partial charge on any atom is 0.434 e. The van der Waals surface area contributed by atoms with Crippen LogP contribution in [0, 0.1) is 12.3 Å². The summed E-state index contributed by atoms with van der Waals surface area (Å²) in [6.07, 6.45) is 1.47. The van der Waals surface area contributed by atoms with Gasteiger partial charge in [0.15, 0.2) is 11.7 Å². The lowest BCUT2D eigenvalue weighted by Crippen LogP contribution is -2.38. The van der Waals surface area contributed by atoms with Crippen LogP contribution in [0.25, 0.3) is 0 Å². The first-order valence-electron chi connectivity index (χ1n) is 8.61. The van der Waals surface area contributed by atoms with Crippen LogP contribution < -0.4 is 15.4 Å². The summed E-state index contributed by atoms with van der Waals surface area (Å²) in [5.74, 6) is 3.65. The zero-order valence-electron chi connectivity index (χ0n) is 15.3. The highest BCUT2D eigenvalue weighted by molar-refractivity contribution is 7.09. The molecule has 1 aromatic heterocycles. The Kier molecular flexibility index (Phi) is 8.14. The number of aromatic nitrogens is 1. The van der Waals surface area contributed by atoms with E-state index in [0.717, 1.165) is 28.7 Å². The van der Waals surface area contributed by atoms with Crippen molar-refractivity contribution in [3.05, 3.63) is 45.9 Å². The maximum atomic E-state index is 12.6. The number of guanidine groups is 1. The Hall–Kier alpha value is -2.73. The van der Waals surface area contributed by atoms with E-state index in [4.69, 9.17) is 11.2 Å². The van der Waals surface area contributed by atoms with Crippen molar-refractivity contribution in [3.63, 3.8) is 0 Å². The van der Waals surface area contributed by atoms with E-state index in [2.05, 4.69) is 26.5 Å². The fourth-order valence-electron chi connectivity index (χ4n) is 2.20. The van der Waals surface area contributed by atoms with Crippen molar-refractivity contribution in [1.82, 2.24) is 15.6 Å². The number of terminal acetylenes is 1. The van der Waals surface area contributed by atoms with Gasteiger partial charge >= 0.3 is 6.18 Å². The summed E-state index contributed by atoms with van der Waals surface area (Å²) in [6.45, 7) is 3.47. The molecule has 2 aromatic rings. The van der Waals surface area contributed by atoms with Crippen molar-refractivity contribution >= 4 is 17.3 Å². The van der Waals surface area contributed by atoms with Gasteiger partial charge in [-0.05, 0) is 31.0 Å². The van der Waals surface area contributed by atoms with Crippen molar-refractivity contribution in [1.29, 1.82) is 0 Å². The summed E-state index contributed by atoms with van der Waals surface area (Å²) in [5.41, 5.74) is 0.224. The van der Waals surface area contributed by atoms with Crippen LogP contribution in [0.3, 0.4) is 0 Å². The van der Waals surface area contributed by atoms with E-state index >= 15 is 0 Å². The predicted molar refractivity (Wildman–Crippen MR) is 104 cm³/mol. The van der Waals surface area contributed by atoms with E-state index in [1.54, 1.807) is 0 Å². The van der Waals surface area contributed by atoms with E-state index in [-0.39, 0.29) is 13.2 Å². The molecule has 150 valence electrons. The van der Waals surface area contributed by atoms with Gasteiger partial charge in [0.2, 0.25) is 0 Å². The molecule has 9 heteroatoms. The Morgan fingerprint density at radius 1 is 1.29 bits per heavy atom. The maximum absolute atomic E-state index is 12.6. The second-order valence-corrected chi connectivity index (χ2v) is 6.58. The number of aliphatic imine (C=N–C) groups is 1. The Labute approximate surface area is 166 Å². The molecular formula is C19H21F3N4OS. The number of hydrogen-bond donors (Lipinski definition) is 2. The van der Waals surface area contributed by atoms with Gasteiger partial charge in [-0.15, -0.1) is 17.8 Å². The lowest BCUT2D eigenvalue weighted by atomic mass is 10.1. The third-order valence-electron chi connectivity index (χ3n) is 3.51. The fraction of sp³-hybridized carbons (Fsp3) is 0.368. The minimum absolute atomic E-state index is 0.0806. The molecule has 1 heterocycles. The highest BCUT2D eigenvalue weighted by Crippen LogP contribution is 2.30. The van der Waals surface area contributed by atoms with Crippen LogP contribution in [0.1, 0.15) is 23.2 Å². The first-order valence-corrected chi connectivity index (χ1v) is 9.49. The van der Waals surface area contributed by atoms with Gasteiger partial charge in [-0.3, -0.25) is 0 Å². The van der Waals surface area contributed by atoms with Gasteiger partial charge < -0.3 is 15.4 Å². The smallest absolute Gasteiger partial charge is 0.434 e. The standard InChI is InChI=1S/C19H21F3N4OS/c1-3-11-27-15-7-5-14(6-8-15)9-10-24-18(23-4-2)25-12-17-26-16(13-28-17)19(20,21)22/h1,5-8,13H,4,9-12H2,2H3,(H2,23,24,25). The summed E-state index contributed by atoms with van der Waals surface area (Å²) in [7, 11) is 0. The van der Waals surface area contributed by atoms with Crippen LogP contribution in [0.2, 0.25) is 0 Å². The van der Waals surface area contributed by atoms with Crippen LogP contribution >= 0.6 is 11.3 Å². The third kappa shape index (κ3) is 7.12. The molecule has 0 amide bonds. The quantitative estimate of drug-likeness (QED) is 0.398. The molecule has 0 aliphatic heterocycles.